The maximum Gasteiger partial charge on any atom is 0.248 e. The molecule has 0 spiro atoms. The minimum Gasteiger partial charge on any atom is -0.336 e. The van der Waals surface area contributed by atoms with E-state index in [-0.39, 0.29) is 23.9 Å². The van der Waals surface area contributed by atoms with Crippen molar-refractivity contribution in [3.8, 4) is 0 Å². The van der Waals surface area contributed by atoms with Crippen molar-refractivity contribution in [1.29, 1.82) is 0 Å². The molecule has 3 rings (SSSR count). The first-order valence-electron chi connectivity index (χ1n) is 8.70. The molecule has 0 N–H and O–H groups in total. The van der Waals surface area contributed by atoms with E-state index in [4.69, 9.17) is 0 Å². The summed E-state index contributed by atoms with van der Waals surface area (Å²) in [5.74, 6) is 0.304. The highest BCUT2D eigenvalue weighted by Gasteiger charge is 2.34. The fourth-order valence-corrected chi connectivity index (χ4v) is 3.50. The number of rotatable bonds is 5. The van der Waals surface area contributed by atoms with Gasteiger partial charge in [-0.25, -0.2) is 9.67 Å². The van der Waals surface area contributed by atoms with Gasteiger partial charge in [0, 0.05) is 12.7 Å². The van der Waals surface area contributed by atoms with Crippen LogP contribution in [0.2, 0.25) is 0 Å². The normalized spacial score (nSPS) is 19.7. The quantitative estimate of drug-likeness (QED) is 0.841. The summed E-state index contributed by atoms with van der Waals surface area (Å²) in [5.41, 5.74) is 1.14. The predicted molar refractivity (Wildman–Crippen MR) is 90.2 cm³/mol. The number of likely N-dealkylation sites (tertiary alicyclic amines) is 1. The van der Waals surface area contributed by atoms with Crippen LogP contribution in [0.3, 0.4) is 0 Å². The SMILES string of the molecule is Cc1cnn(C[C@@H]2CCCCN2C(=O)[C@@H](C(C)C)n2cncn2)c1. The molecule has 1 aliphatic rings. The zero-order chi connectivity index (χ0) is 17.1. The van der Waals surface area contributed by atoms with Gasteiger partial charge >= 0.3 is 0 Å². The third kappa shape index (κ3) is 3.49. The van der Waals surface area contributed by atoms with Gasteiger partial charge in [-0.05, 0) is 37.7 Å². The lowest BCUT2D eigenvalue weighted by Gasteiger charge is -2.38. The molecular formula is C17H26N6O. The van der Waals surface area contributed by atoms with E-state index in [0.717, 1.165) is 37.9 Å². The maximum atomic E-state index is 13.3. The first-order chi connectivity index (χ1) is 11.6. The van der Waals surface area contributed by atoms with Crippen LogP contribution in [0.5, 0.6) is 0 Å². The first kappa shape index (κ1) is 16.7. The van der Waals surface area contributed by atoms with Gasteiger partial charge in [-0.1, -0.05) is 13.8 Å². The molecule has 0 aliphatic carbocycles. The largest absolute Gasteiger partial charge is 0.336 e. The summed E-state index contributed by atoms with van der Waals surface area (Å²) in [4.78, 5) is 19.3. The van der Waals surface area contributed by atoms with Crippen molar-refractivity contribution in [2.24, 2.45) is 5.92 Å². The average Bonchev–Trinajstić information content (AvgIpc) is 3.20. The van der Waals surface area contributed by atoms with Crippen molar-refractivity contribution in [3.63, 3.8) is 0 Å². The third-order valence-electron chi connectivity index (χ3n) is 4.68. The number of hydrogen-bond acceptors (Lipinski definition) is 4. The van der Waals surface area contributed by atoms with Gasteiger partial charge in [0.05, 0.1) is 18.8 Å². The highest BCUT2D eigenvalue weighted by Crippen LogP contribution is 2.26. The zero-order valence-electron chi connectivity index (χ0n) is 14.7. The van der Waals surface area contributed by atoms with Crippen molar-refractivity contribution in [2.75, 3.05) is 6.54 Å². The molecule has 1 aliphatic heterocycles. The Bertz CT molecular complexity index is 662. The highest BCUT2D eigenvalue weighted by atomic mass is 16.2. The van der Waals surface area contributed by atoms with Gasteiger partial charge < -0.3 is 4.90 Å². The van der Waals surface area contributed by atoms with Crippen LogP contribution in [-0.4, -0.2) is 47.9 Å². The van der Waals surface area contributed by atoms with Crippen LogP contribution < -0.4 is 0 Å². The molecule has 130 valence electrons. The summed E-state index contributed by atoms with van der Waals surface area (Å²) in [6.45, 7) is 7.70. The van der Waals surface area contributed by atoms with E-state index in [1.807, 2.05) is 28.9 Å². The molecule has 0 saturated carbocycles. The van der Waals surface area contributed by atoms with E-state index >= 15 is 0 Å². The molecule has 0 unspecified atom stereocenters. The number of aromatic nitrogens is 5. The molecular weight excluding hydrogens is 304 g/mol. The molecule has 24 heavy (non-hydrogen) atoms. The number of hydrogen-bond donors (Lipinski definition) is 0. The van der Waals surface area contributed by atoms with Crippen molar-refractivity contribution in [2.45, 2.75) is 58.7 Å². The first-order valence-corrected chi connectivity index (χ1v) is 8.70. The second-order valence-electron chi connectivity index (χ2n) is 6.99. The van der Waals surface area contributed by atoms with Crippen molar-refractivity contribution < 1.29 is 4.79 Å². The van der Waals surface area contributed by atoms with Crippen LogP contribution in [-0.2, 0) is 11.3 Å². The second kappa shape index (κ2) is 7.15. The fourth-order valence-electron chi connectivity index (χ4n) is 3.50. The van der Waals surface area contributed by atoms with Crippen LogP contribution in [0, 0.1) is 12.8 Å². The van der Waals surface area contributed by atoms with E-state index < -0.39 is 0 Å². The summed E-state index contributed by atoms with van der Waals surface area (Å²) in [5, 5.41) is 8.59. The molecule has 0 bridgehead atoms. The molecule has 1 fully saturated rings. The van der Waals surface area contributed by atoms with E-state index in [0.29, 0.717) is 0 Å². The van der Waals surface area contributed by atoms with Gasteiger partial charge in [0.25, 0.3) is 0 Å². The van der Waals surface area contributed by atoms with Gasteiger partial charge in [-0.2, -0.15) is 10.2 Å². The number of piperidine rings is 1. The number of carbonyl (C=O) groups is 1. The van der Waals surface area contributed by atoms with Gasteiger partial charge in [-0.3, -0.25) is 9.48 Å². The van der Waals surface area contributed by atoms with Crippen molar-refractivity contribution >= 4 is 5.91 Å². The van der Waals surface area contributed by atoms with E-state index in [1.165, 1.54) is 6.33 Å². The summed E-state index contributed by atoms with van der Waals surface area (Å²) >= 11 is 0. The van der Waals surface area contributed by atoms with Crippen molar-refractivity contribution in [1.82, 2.24) is 29.4 Å². The summed E-state index contributed by atoms with van der Waals surface area (Å²) in [6.07, 6.45) is 10.3. The number of nitrogens with zero attached hydrogens (tertiary/aromatic N) is 6. The molecule has 3 heterocycles. The topological polar surface area (TPSA) is 68.8 Å². The fraction of sp³-hybridized carbons (Fsp3) is 0.647. The van der Waals surface area contributed by atoms with Crippen LogP contribution in [0.25, 0.3) is 0 Å². The standard InChI is InChI=1S/C17H26N6O/c1-13(2)16(23-12-18-11-20-23)17(24)22-7-5-4-6-15(22)10-21-9-14(3)8-19-21/h8-9,11-13,15-16H,4-7,10H2,1-3H3/t15-,16+/m0/s1. The lowest BCUT2D eigenvalue weighted by Crippen LogP contribution is -2.49. The Morgan fingerprint density at radius 1 is 1.33 bits per heavy atom. The van der Waals surface area contributed by atoms with E-state index in [9.17, 15) is 4.79 Å². The minimum absolute atomic E-state index is 0.143. The Kier molecular flexibility index (Phi) is 4.97. The van der Waals surface area contributed by atoms with E-state index in [2.05, 4.69) is 29.0 Å². The van der Waals surface area contributed by atoms with Crippen LogP contribution in [0.4, 0.5) is 0 Å². The molecule has 1 amide bonds. The molecule has 0 aromatic carbocycles. The third-order valence-corrected chi connectivity index (χ3v) is 4.68. The Labute approximate surface area is 142 Å². The van der Waals surface area contributed by atoms with Gasteiger partial charge in [0.15, 0.2) is 0 Å². The Hall–Kier alpha value is -2.18. The van der Waals surface area contributed by atoms with Gasteiger partial charge in [0.2, 0.25) is 5.91 Å². The zero-order valence-corrected chi connectivity index (χ0v) is 14.7. The maximum absolute atomic E-state index is 13.3. The second-order valence-corrected chi connectivity index (χ2v) is 6.99. The van der Waals surface area contributed by atoms with Crippen LogP contribution in [0.15, 0.2) is 25.0 Å². The Morgan fingerprint density at radius 3 is 2.79 bits per heavy atom. The van der Waals surface area contributed by atoms with Crippen molar-refractivity contribution in [3.05, 3.63) is 30.6 Å². The monoisotopic (exact) mass is 330 g/mol. The van der Waals surface area contributed by atoms with E-state index in [1.54, 1.807) is 11.0 Å². The van der Waals surface area contributed by atoms with Crippen LogP contribution in [0.1, 0.15) is 44.7 Å². The summed E-state index contributed by atoms with van der Waals surface area (Å²) in [6, 6.07) is -0.109. The number of aryl methyl sites for hydroxylation is 1. The molecule has 0 radical (unpaired) electrons. The molecule has 2 aromatic rings. The minimum atomic E-state index is -0.299. The molecule has 7 heteroatoms. The summed E-state index contributed by atoms with van der Waals surface area (Å²) < 4.78 is 3.64. The lowest BCUT2D eigenvalue weighted by atomic mass is 9.97. The highest BCUT2D eigenvalue weighted by molar-refractivity contribution is 5.81. The summed E-state index contributed by atoms with van der Waals surface area (Å²) in [7, 11) is 0. The molecule has 1 saturated heterocycles. The molecule has 2 atom stereocenters. The Morgan fingerprint density at radius 2 is 2.17 bits per heavy atom. The molecule has 7 nitrogen and oxygen atoms in total. The van der Waals surface area contributed by atoms with Gasteiger partial charge in [0.1, 0.15) is 18.7 Å². The average molecular weight is 330 g/mol. The van der Waals surface area contributed by atoms with Crippen LogP contribution >= 0.6 is 0 Å². The molecule has 2 aromatic heterocycles. The Balaban J connectivity index is 1.79. The van der Waals surface area contributed by atoms with Gasteiger partial charge in [-0.15, -0.1) is 0 Å². The predicted octanol–water partition coefficient (Wildman–Crippen LogP) is 2.06. The number of carbonyl (C=O) groups excluding carboxylic acids is 1. The lowest BCUT2D eigenvalue weighted by molar-refractivity contribution is -0.140. The number of amides is 1. The smallest absolute Gasteiger partial charge is 0.248 e.